The summed E-state index contributed by atoms with van der Waals surface area (Å²) in [6.45, 7) is 6.26. The van der Waals surface area contributed by atoms with Crippen molar-refractivity contribution in [2.75, 3.05) is 13.2 Å². The molecule has 1 saturated heterocycles. The van der Waals surface area contributed by atoms with Crippen LogP contribution in [-0.4, -0.2) is 40.3 Å². The molecule has 0 aromatic carbocycles. The first kappa shape index (κ1) is 13.1. The van der Waals surface area contributed by atoms with Crippen LogP contribution in [0.25, 0.3) is 0 Å². The van der Waals surface area contributed by atoms with E-state index in [9.17, 15) is 0 Å². The van der Waals surface area contributed by atoms with Gasteiger partial charge in [0.05, 0.1) is 31.5 Å². The van der Waals surface area contributed by atoms with Crippen molar-refractivity contribution >= 4 is 0 Å². The van der Waals surface area contributed by atoms with Gasteiger partial charge >= 0.3 is 0 Å². The van der Waals surface area contributed by atoms with Crippen molar-refractivity contribution in [3.05, 3.63) is 12.4 Å². The number of nitrogens with zero attached hydrogens (tertiary/aromatic N) is 3. The summed E-state index contributed by atoms with van der Waals surface area (Å²) in [7, 11) is 0. The highest BCUT2D eigenvalue weighted by molar-refractivity contribution is 4.91. The number of ether oxygens (including phenoxy) is 1. The molecular formula is C14H24N4O. The quantitative estimate of drug-likeness (QED) is 0.904. The summed E-state index contributed by atoms with van der Waals surface area (Å²) in [5, 5.41) is 11.8. The van der Waals surface area contributed by atoms with Crippen molar-refractivity contribution in [2.24, 2.45) is 5.41 Å². The van der Waals surface area contributed by atoms with Gasteiger partial charge in [-0.3, -0.25) is 0 Å². The van der Waals surface area contributed by atoms with Gasteiger partial charge < -0.3 is 10.1 Å². The maximum atomic E-state index is 5.64. The molecule has 2 aliphatic rings. The molecule has 19 heavy (non-hydrogen) atoms. The van der Waals surface area contributed by atoms with E-state index in [0.717, 1.165) is 13.2 Å². The summed E-state index contributed by atoms with van der Waals surface area (Å²) in [4.78, 5) is 0. The van der Waals surface area contributed by atoms with Gasteiger partial charge in [-0.05, 0) is 24.7 Å². The van der Waals surface area contributed by atoms with Crippen LogP contribution in [0.15, 0.2) is 12.4 Å². The number of hydrogen-bond acceptors (Lipinski definition) is 4. The first-order chi connectivity index (χ1) is 9.14. The molecule has 1 saturated carbocycles. The second-order valence-corrected chi connectivity index (χ2v) is 6.72. The van der Waals surface area contributed by atoms with Crippen LogP contribution in [0.2, 0.25) is 0 Å². The van der Waals surface area contributed by atoms with Gasteiger partial charge in [0.1, 0.15) is 0 Å². The van der Waals surface area contributed by atoms with E-state index in [4.69, 9.17) is 4.74 Å². The monoisotopic (exact) mass is 264 g/mol. The zero-order valence-corrected chi connectivity index (χ0v) is 11.9. The summed E-state index contributed by atoms with van der Waals surface area (Å²) in [5.74, 6) is 0. The topological polar surface area (TPSA) is 52.0 Å². The Bertz CT molecular complexity index is 404. The number of nitrogens with one attached hydrogen (secondary N) is 1. The Morgan fingerprint density at radius 2 is 2.26 bits per heavy atom. The molecular weight excluding hydrogens is 240 g/mol. The summed E-state index contributed by atoms with van der Waals surface area (Å²) >= 11 is 0. The molecule has 2 heterocycles. The lowest BCUT2D eigenvalue weighted by molar-refractivity contribution is 0.167. The van der Waals surface area contributed by atoms with E-state index in [2.05, 4.69) is 29.5 Å². The fourth-order valence-corrected chi connectivity index (χ4v) is 3.50. The fourth-order valence-electron chi connectivity index (χ4n) is 3.50. The molecule has 1 N–H and O–H groups in total. The number of aromatic nitrogens is 3. The summed E-state index contributed by atoms with van der Waals surface area (Å²) in [6.07, 6.45) is 8.88. The third-order valence-corrected chi connectivity index (χ3v) is 4.49. The van der Waals surface area contributed by atoms with Crippen LogP contribution < -0.4 is 5.32 Å². The number of hydrogen-bond donors (Lipinski definition) is 1. The standard InChI is InChI=1S/C14H24N4O/c1-14(2)5-3-4-11(8-14)16-12-9-19-10-13(12)18-7-6-15-17-18/h6-7,11-13,16H,3-5,8-10H2,1-2H3/t11?,12-,13+/m0/s1. The SMILES string of the molecule is CC1(C)CCCC(N[C@H]2COC[C@H]2n2ccnn2)C1. The van der Waals surface area contributed by atoms with E-state index in [1.165, 1.54) is 25.7 Å². The molecule has 0 bridgehead atoms. The Kier molecular flexibility index (Phi) is 3.58. The van der Waals surface area contributed by atoms with Crippen LogP contribution in [0, 0.1) is 5.41 Å². The lowest BCUT2D eigenvalue weighted by Crippen LogP contribution is -2.46. The molecule has 1 aromatic heterocycles. The smallest absolute Gasteiger partial charge is 0.0945 e. The Balaban J connectivity index is 1.62. The van der Waals surface area contributed by atoms with E-state index < -0.39 is 0 Å². The van der Waals surface area contributed by atoms with Crippen LogP contribution in [0.5, 0.6) is 0 Å². The van der Waals surface area contributed by atoms with Gasteiger partial charge in [0.25, 0.3) is 0 Å². The normalized spacial score (nSPS) is 34.5. The maximum absolute atomic E-state index is 5.64. The van der Waals surface area contributed by atoms with Gasteiger partial charge in [-0.25, -0.2) is 4.68 Å². The first-order valence-electron chi connectivity index (χ1n) is 7.34. The third-order valence-electron chi connectivity index (χ3n) is 4.49. The van der Waals surface area contributed by atoms with Gasteiger partial charge in [0.2, 0.25) is 0 Å². The van der Waals surface area contributed by atoms with Gasteiger partial charge in [-0.1, -0.05) is 25.5 Å². The highest BCUT2D eigenvalue weighted by atomic mass is 16.5. The molecule has 3 atom stereocenters. The van der Waals surface area contributed by atoms with Crippen LogP contribution in [-0.2, 0) is 4.74 Å². The first-order valence-corrected chi connectivity index (χ1v) is 7.34. The molecule has 5 nitrogen and oxygen atoms in total. The van der Waals surface area contributed by atoms with E-state index in [1.807, 2.05) is 10.9 Å². The molecule has 5 heteroatoms. The second kappa shape index (κ2) is 5.21. The minimum absolute atomic E-state index is 0.285. The van der Waals surface area contributed by atoms with Crippen molar-refractivity contribution in [1.82, 2.24) is 20.3 Å². The van der Waals surface area contributed by atoms with Crippen molar-refractivity contribution in [3.8, 4) is 0 Å². The molecule has 0 spiro atoms. The van der Waals surface area contributed by atoms with Crippen molar-refractivity contribution in [3.63, 3.8) is 0 Å². The number of rotatable bonds is 3. The zero-order chi connectivity index (χ0) is 13.3. The summed E-state index contributed by atoms with van der Waals surface area (Å²) in [5.41, 5.74) is 0.470. The van der Waals surface area contributed by atoms with Gasteiger partial charge in [0, 0.05) is 12.2 Å². The Morgan fingerprint density at radius 1 is 1.37 bits per heavy atom. The molecule has 1 aliphatic heterocycles. The van der Waals surface area contributed by atoms with E-state index >= 15 is 0 Å². The average molecular weight is 264 g/mol. The predicted molar refractivity (Wildman–Crippen MR) is 72.8 cm³/mol. The molecule has 1 unspecified atom stereocenters. The third kappa shape index (κ3) is 2.98. The van der Waals surface area contributed by atoms with Crippen LogP contribution in [0.1, 0.15) is 45.6 Å². The fraction of sp³-hybridized carbons (Fsp3) is 0.857. The van der Waals surface area contributed by atoms with Gasteiger partial charge in [-0.2, -0.15) is 0 Å². The highest BCUT2D eigenvalue weighted by Crippen LogP contribution is 2.35. The van der Waals surface area contributed by atoms with Gasteiger partial charge in [-0.15, -0.1) is 5.10 Å². The molecule has 1 aliphatic carbocycles. The lowest BCUT2D eigenvalue weighted by atomic mass is 9.75. The Labute approximate surface area is 114 Å². The molecule has 2 fully saturated rings. The van der Waals surface area contributed by atoms with E-state index in [0.29, 0.717) is 17.5 Å². The molecule has 0 amide bonds. The van der Waals surface area contributed by atoms with Crippen molar-refractivity contribution in [1.29, 1.82) is 0 Å². The summed E-state index contributed by atoms with van der Waals surface area (Å²) in [6, 6.07) is 1.26. The molecule has 106 valence electrons. The van der Waals surface area contributed by atoms with Crippen molar-refractivity contribution < 1.29 is 4.74 Å². The predicted octanol–water partition coefficient (Wildman–Crippen LogP) is 1.78. The second-order valence-electron chi connectivity index (χ2n) is 6.72. The Hall–Kier alpha value is -0.940. The molecule has 3 rings (SSSR count). The van der Waals surface area contributed by atoms with E-state index in [1.54, 1.807) is 6.20 Å². The van der Waals surface area contributed by atoms with Crippen LogP contribution in [0.3, 0.4) is 0 Å². The Morgan fingerprint density at radius 3 is 3.00 bits per heavy atom. The lowest BCUT2D eigenvalue weighted by Gasteiger charge is -2.37. The maximum Gasteiger partial charge on any atom is 0.0945 e. The molecule has 0 radical (unpaired) electrons. The minimum atomic E-state index is 0.285. The zero-order valence-electron chi connectivity index (χ0n) is 11.9. The highest BCUT2D eigenvalue weighted by Gasteiger charge is 2.35. The minimum Gasteiger partial charge on any atom is -0.377 e. The average Bonchev–Trinajstić information content (AvgIpc) is 2.96. The largest absolute Gasteiger partial charge is 0.377 e. The summed E-state index contributed by atoms with van der Waals surface area (Å²) < 4.78 is 7.57. The molecule has 1 aromatic rings. The van der Waals surface area contributed by atoms with Crippen LogP contribution >= 0.6 is 0 Å². The van der Waals surface area contributed by atoms with Crippen LogP contribution in [0.4, 0.5) is 0 Å². The van der Waals surface area contributed by atoms with E-state index in [-0.39, 0.29) is 6.04 Å². The van der Waals surface area contributed by atoms with Gasteiger partial charge in [0.15, 0.2) is 0 Å². The van der Waals surface area contributed by atoms with Crippen molar-refractivity contribution in [2.45, 2.75) is 57.7 Å².